The van der Waals surface area contributed by atoms with Gasteiger partial charge >= 0.3 is 0 Å². The number of hydrogen-bond donors (Lipinski definition) is 1. The lowest BCUT2D eigenvalue weighted by atomic mass is 9.90. The number of hydrogen-bond acceptors (Lipinski definition) is 3. The molecule has 2 heterocycles. The van der Waals surface area contributed by atoms with E-state index in [1.165, 1.54) is 0 Å². The molecule has 0 amide bonds. The SMILES string of the molecule is O=S1(=O)C[C@@H]2CCNC[C@H]2C1. The van der Waals surface area contributed by atoms with Gasteiger partial charge in [-0.25, -0.2) is 8.42 Å². The van der Waals surface area contributed by atoms with E-state index >= 15 is 0 Å². The molecule has 3 nitrogen and oxygen atoms in total. The first-order valence-electron chi connectivity index (χ1n) is 4.08. The molecule has 0 aromatic carbocycles. The zero-order valence-electron chi connectivity index (χ0n) is 6.41. The highest BCUT2D eigenvalue weighted by atomic mass is 32.2. The third-order valence-electron chi connectivity index (χ3n) is 2.70. The van der Waals surface area contributed by atoms with Crippen molar-refractivity contribution in [1.82, 2.24) is 5.32 Å². The minimum Gasteiger partial charge on any atom is -0.316 e. The van der Waals surface area contributed by atoms with Crippen molar-refractivity contribution in [3.63, 3.8) is 0 Å². The number of fused-ring (bicyclic) bond motifs is 1. The zero-order valence-corrected chi connectivity index (χ0v) is 7.23. The van der Waals surface area contributed by atoms with Crippen LogP contribution in [0.1, 0.15) is 6.42 Å². The first-order valence-corrected chi connectivity index (χ1v) is 5.91. The molecular formula is C7H13NO2S. The van der Waals surface area contributed by atoms with Crippen LogP contribution in [0.15, 0.2) is 0 Å². The van der Waals surface area contributed by atoms with Gasteiger partial charge in [-0.05, 0) is 31.3 Å². The molecule has 0 aromatic heterocycles. The zero-order chi connectivity index (χ0) is 7.90. The molecule has 0 spiro atoms. The third kappa shape index (κ3) is 1.42. The van der Waals surface area contributed by atoms with Crippen molar-refractivity contribution in [2.24, 2.45) is 11.8 Å². The standard InChI is InChI=1S/C7H13NO2S/c9-11(10)4-6-1-2-8-3-7(6)5-11/h6-8H,1-5H2/t6-,7-/m0/s1. The van der Waals surface area contributed by atoms with E-state index in [-0.39, 0.29) is 0 Å². The maximum atomic E-state index is 11.2. The van der Waals surface area contributed by atoms with E-state index in [0.29, 0.717) is 23.3 Å². The van der Waals surface area contributed by atoms with Gasteiger partial charge in [-0.3, -0.25) is 0 Å². The van der Waals surface area contributed by atoms with Gasteiger partial charge in [0.25, 0.3) is 0 Å². The van der Waals surface area contributed by atoms with Gasteiger partial charge < -0.3 is 5.32 Å². The Balaban J connectivity index is 2.15. The van der Waals surface area contributed by atoms with Gasteiger partial charge in [-0.15, -0.1) is 0 Å². The predicted molar refractivity (Wildman–Crippen MR) is 43.1 cm³/mol. The number of sulfone groups is 1. The average Bonchev–Trinajstić information content (AvgIpc) is 2.21. The molecule has 0 unspecified atom stereocenters. The lowest BCUT2D eigenvalue weighted by Gasteiger charge is -2.23. The Morgan fingerprint density at radius 2 is 1.91 bits per heavy atom. The summed E-state index contributed by atoms with van der Waals surface area (Å²) in [5.41, 5.74) is 0. The van der Waals surface area contributed by atoms with E-state index in [0.717, 1.165) is 19.5 Å². The highest BCUT2D eigenvalue weighted by Crippen LogP contribution is 2.29. The molecular weight excluding hydrogens is 162 g/mol. The van der Waals surface area contributed by atoms with E-state index in [4.69, 9.17) is 0 Å². The molecule has 2 rings (SSSR count). The van der Waals surface area contributed by atoms with Crippen molar-refractivity contribution in [1.29, 1.82) is 0 Å². The fraction of sp³-hybridized carbons (Fsp3) is 1.00. The van der Waals surface area contributed by atoms with Crippen molar-refractivity contribution in [3.05, 3.63) is 0 Å². The number of piperidine rings is 1. The smallest absolute Gasteiger partial charge is 0.150 e. The van der Waals surface area contributed by atoms with Gasteiger partial charge in [-0.1, -0.05) is 0 Å². The molecule has 0 aliphatic carbocycles. The molecule has 0 radical (unpaired) electrons. The molecule has 64 valence electrons. The molecule has 4 heteroatoms. The summed E-state index contributed by atoms with van der Waals surface area (Å²) in [7, 11) is -2.67. The third-order valence-corrected chi connectivity index (χ3v) is 4.57. The first kappa shape index (κ1) is 7.55. The van der Waals surface area contributed by atoms with Crippen molar-refractivity contribution >= 4 is 9.84 Å². The topological polar surface area (TPSA) is 46.2 Å². The monoisotopic (exact) mass is 175 g/mol. The van der Waals surface area contributed by atoms with Crippen molar-refractivity contribution in [3.8, 4) is 0 Å². The Bertz CT molecular complexity index is 227. The Morgan fingerprint density at radius 1 is 1.18 bits per heavy atom. The van der Waals surface area contributed by atoms with Gasteiger partial charge in [0, 0.05) is 0 Å². The van der Waals surface area contributed by atoms with E-state index in [1.807, 2.05) is 0 Å². The summed E-state index contributed by atoms with van der Waals surface area (Å²) < 4.78 is 22.3. The van der Waals surface area contributed by atoms with E-state index in [2.05, 4.69) is 5.32 Å². The van der Waals surface area contributed by atoms with Gasteiger partial charge in [-0.2, -0.15) is 0 Å². The summed E-state index contributed by atoms with van der Waals surface area (Å²) in [5.74, 6) is 1.74. The molecule has 11 heavy (non-hydrogen) atoms. The van der Waals surface area contributed by atoms with Crippen molar-refractivity contribution < 1.29 is 8.42 Å². The molecule has 2 aliphatic heterocycles. The number of nitrogens with one attached hydrogen (secondary N) is 1. The van der Waals surface area contributed by atoms with Gasteiger partial charge in [0.15, 0.2) is 9.84 Å². The van der Waals surface area contributed by atoms with E-state index in [9.17, 15) is 8.42 Å². The Hall–Kier alpha value is -0.0900. The van der Waals surface area contributed by atoms with Crippen LogP contribution < -0.4 is 5.32 Å². The minimum absolute atomic E-state index is 0.411. The van der Waals surface area contributed by atoms with Crippen molar-refractivity contribution in [2.75, 3.05) is 24.6 Å². The van der Waals surface area contributed by atoms with E-state index < -0.39 is 9.84 Å². The second kappa shape index (κ2) is 2.45. The molecule has 0 bridgehead atoms. The normalized spacial score (nSPS) is 41.8. The maximum Gasteiger partial charge on any atom is 0.150 e. The van der Waals surface area contributed by atoms with Crippen LogP contribution in [0.5, 0.6) is 0 Å². The predicted octanol–water partition coefficient (Wildman–Crippen LogP) is -0.360. The van der Waals surface area contributed by atoms with E-state index in [1.54, 1.807) is 0 Å². The van der Waals surface area contributed by atoms with Gasteiger partial charge in [0.05, 0.1) is 11.5 Å². The first-order chi connectivity index (χ1) is 5.17. The summed E-state index contributed by atoms with van der Waals surface area (Å²) in [5, 5.41) is 3.23. The van der Waals surface area contributed by atoms with Crippen LogP contribution in [-0.2, 0) is 9.84 Å². The summed E-state index contributed by atoms with van der Waals surface area (Å²) in [6.45, 7) is 1.90. The summed E-state index contributed by atoms with van der Waals surface area (Å²) >= 11 is 0. The van der Waals surface area contributed by atoms with Crippen molar-refractivity contribution in [2.45, 2.75) is 6.42 Å². The molecule has 2 aliphatic rings. The lowest BCUT2D eigenvalue weighted by molar-refractivity contribution is 0.318. The van der Waals surface area contributed by atoms with Crippen LogP contribution >= 0.6 is 0 Å². The minimum atomic E-state index is -2.67. The molecule has 2 atom stereocenters. The molecule has 0 aromatic rings. The van der Waals surface area contributed by atoms with Crippen LogP contribution in [0.2, 0.25) is 0 Å². The van der Waals surface area contributed by atoms with Gasteiger partial charge in [0.2, 0.25) is 0 Å². The largest absolute Gasteiger partial charge is 0.316 e. The van der Waals surface area contributed by atoms with Crippen LogP contribution in [0.3, 0.4) is 0 Å². The average molecular weight is 175 g/mol. The summed E-state index contributed by atoms with van der Waals surface area (Å²) in [6.07, 6.45) is 1.05. The van der Waals surface area contributed by atoms with Gasteiger partial charge in [0.1, 0.15) is 0 Å². The Kier molecular flexibility index (Phi) is 1.68. The lowest BCUT2D eigenvalue weighted by Crippen LogP contribution is -2.35. The summed E-state index contributed by atoms with van der Waals surface area (Å²) in [6, 6.07) is 0. The highest BCUT2D eigenvalue weighted by Gasteiger charge is 2.38. The fourth-order valence-electron chi connectivity index (χ4n) is 2.11. The molecule has 0 saturated carbocycles. The fourth-order valence-corrected chi connectivity index (χ4v) is 4.38. The van der Waals surface area contributed by atoms with Crippen LogP contribution in [0.4, 0.5) is 0 Å². The Morgan fingerprint density at radius 3 is 2.64 bits per heavy atom. The number of rotatable bonds is 0. The van der Waals surface area contributed by atoms with Crippen LogP contribution in [0.25, 0.3) is 0 Å². The molecule has 1 N–H and O–H groups in total. The highest BCUT2D eigenvalue weighted by molar-refractivity contribution is 7.91. The second-order valence-electron chi connectivity index (χ2n) is 3.59. The van der Waals surface area contributed by atoms with Crippen LogP contribution in [0, 0.1) is 11.8 Å². The quantitative estimate of drug-likeness (QED) is 0.547. The van der Waals surface area contributed by atoms with Crippen LogP contribution in [-0.4, -0.2) is 33.0 Å². The maximum absolute atomic E-state index is 11.2. The molecule has 2 fully saturated rings. The molecule has 2 saturated heterocycles. The second-order valence-corrected chi connectivity index (χ2v) is 5.74. The Labute approximate surface area is 67.1 Å². The summed E-state index contributed by atoms with van der Waals surface area (Å²) in [4.78, 5) is 0.